The van der Waals surface area contributed by atoms with Gasteiger partial charge in [-0.05, 0) is 6.92 Å². The zero-order valence-corrected chi connectivity index (χ0v) is 9.57. The van der Waals surface area contributed by atoms with E-state index in [-0.39, 0.29) is 17.0 Å². The third-order valence-corrected chi connectivity index (χ3v) is 3.69. The maximum Gasteiger partial charge on any atom is 0.318 e. The van der Waals surface area contributed by atoms with Gasteiger partial charge in [0.1, 0.15) is 9.84 Å². The summed E-state index contributed by atoms with van der Waals surface area (Å²) < 4.78 is 25.9. The Morgan fingerprint density at radius 3 is 2.46 bits per heavy atom. The lowest BCUT2D eigenvalue weighted by Gasteiger charge is -2.07. The quantitative estimate of drug-likeness (QED) is 0.632. The average Bonchev–Trinajstić information content (AvgIpc) is 2.00. The second kappa shape index (κ2) is 5.49. The van der Waals surface area contributed by atoms with Crippen LogP contribution in [0.5, 0.6) is 0 Å². The van der Waals surface area contributed by atoms with E-state index in [2.05, 4.69) is 4.74 Å². The van der Waals surface area contributed by atoms with Crippen LogP contribution in [0.3, 0.4) is 0 Å². The zero-order valence-electron chi connectivity index (χ0n) is 7.94. The van der Waals surface area contributed by atoms with E-state index in [1.54, 1.807) is 6.92 Å². The second-order valence-corrected chi connectivity index (χ2v) is 6.37. The number of rotatable bonds is 5. The van der Waals surface area contributed by atoms with Crippen molar-refractivity contribution in [3.8, 4) is 0 Å². The lowest BCUT2D eigenvalue weighted by Crippen LogP contribution is -2.17. The van der Waals surface area contributed by atoms with Gasteiger partial charge in [0.15, 0.2) is 0 Å². The third-order valence-electron chi connectivity index (χ3n) is 1.36. The van der Waals surface area contributed by atoms with E-state index in [1.165, 1.54) is 25.1 Å². The monoisotopic (exact) mass is 226 g/mol. The number of thioether (sulfide) groups is 1. The van der Waals surface area contributed by atoms with Gasteiger partial charge in [0, 0.05) is 12.0 Å². The summed E-state index contributed by atoms with van der Waals surface area (Å²) in [6.07, 6.45) is 1.18. The molecule has 0 N–H and O–H groups in total. The van der Waals surface area contributed by atoms with Crippen LogP contribution in [-0.4, -0.2) is 44.5 Å². The van der Waals surface area contributed by atoms with E-state index in [0.29, 0.717) is 5.75 Å². The van der Waals surface area contributed by atoms with Crippen LogP contribution in [0.2, 0.25) is 0 Å². The minimum absolute atomic E-state index is 0.0962. The van der Waals surface area contributed by atoms with Crippen LogP contribution < -0.4 is 0 Å². The standard InChI is InChI=1S/C7H14O4S2/c1-6(7(8)11-2)12-4-5-13(3,9)10/h6H,4-5H2,1-3H3. The summed E-state index contributed by atoms with van der Waals surface area (Å²) in [4.78, 5) is 10.9. The number of hydrogen-bond donors (Lipinski definition) is 0. The summed E-state index contributed by atoms with van der Waals surface area (Å²) in [5.41, 5.74) is 0. The van der Waals surface area contributed by atoms with Gasteiger partial charge in [0.25, 0.3) is 0 Å². The van der Waals surface area contributed by atoms with Crippen molar-refractivity contribution in [1.29, 1.82) is 0 Å². The van der Waals surface area contributed by atoms with Gasteiger partial charge in [0.05, 0.1) is 18.1 Å². The number of hydrogen-bond acceptors (Lipinski definition) is 5. The van der Waals surface area contributed by atoms with Crippen LogP contribution in [0.15, 0.2) is 0 Å². The Hall–Kier alpha value is -0.230. The molecule has 1 unspecified atom stereocenters. The largest absolute Gasteiger partial charge is 0.468 e. The fourth-order valence-electron chi connectivity index (χ4n) is 0.610. The molecular formula is C7H14O4S2. The minimum Gasteiger partial charge on any atom is -0.468 e. The molecule has 0 aromatic heterocycles. The zero-order chi connectivity index (χ0) is 10.5. The molecule has 0 aromatic rings. The molecular weight excluding hydrogens is 212 g/mol. The van der Waals surface area contributed by atoms with Crippen LogP contribution in [0, 0.1) is 0 Å². The Labute approximate surface area is 83.0 Å². The molecule has 0 rings (SSSR count). The first kappa shape index (κ1) is 12.8. The molecule has 0 saturated heterocycles. The number of carbonyl (C=O) groups excluding carboxylic acids is 1. The van der Waals surface area contributed by atoms with Crippen LogP contribution >= 0.6 is 11.8 Å². The molecule has 1 atom stereocenters. The number of carbonyl (C=O) groups is 1. The lowest BCUT2D eigenvalue weighted by atomic mass is 10.5. The fourth-order valence-corrected chi connectivity index (χ4v) is 2.79. The van der Waals surface area contributed by atoms with Crippen molar-refractivity contribution < 1.29 is 17.9 Å². The molecule has 0 aliphatic carbocycles. The third kappa shape index (κ3) is 6.89. The first-order chi connectivity index (χ1) is 5.87. The summed E-state index contributed by atoms with van der Waals surface area (Å²) in [5, 5.41) is -0.299. The summed E-state index contributed by atoms with van der Waals surface area (Å²) in [6.45, 7) is 1.69. The summed E-state index contributed by atoms with van der Waals surface area (Å²) in [6, 6.07) is 0. The molecule has 0 fully saturated rings. The number of ether oxygens (including phenoxy) is 1. The summed E-state index contributed by atoms with van der Waals surface area (Å²) >= 11 is 1.28. The molecule has 0 aromatic carbocycles. The Bertz CT molecular complexity index is 258. The normalized spacial score (nSPS) is 13.8. The highest BCUT2D eigenvalue weighted by Crippen LogP contribution is 2.11. The molecule has 0 radical (unpaired) electrons. The van der Waals surface area contributed by atoms with Gasteiger partial charge in [0.2, 0.25) is 0 Å². The van der Waals surface area contributed by atoms with E-state index in [9.17, 15) is 13.2 Å². The van der Waals surface area contributed by atoms with Gasteiger partial charge >= 0.3 is 5.97 Å². The van der Waals surface area contributed by atoms with Crippen LogP contribution in [0.1, 0.15) is 6.92 Å². The summed E-state index contributed by atoms with van der Waals surface area (Å²) in [7, 11) is -1.61. The molecule has 13 heavy (non-hydrogen) atoms. The predicted octanol–water partition coefficient (Wildman–Crippen LogP) is 0.326. The lowest BCUT2D eigenvalue weighted by molar-refractivity contribution is -0.139. The van der Waals surface area contributed by atoms with E-state index in [1.807, 2.05) is 0 Å². The molecule has 0 amide bonds. The van der Waals surface area contributed by atoms with Crippen molar-refractivity contribution in [3.05, 3.63) is 0 Å². The molecule has 6 heteroatoms. The van der Waals surface area contributed by atoms with Gasteiger partial charge in [-0.15, -0.1) is 11.8 Å². The summed E-state index contributed by atoms with van der Waals surface area (Å²) in [5.74, 6) is 0.201. The maximum absolute atomic E-state index is 10.9. The molecule has 0 spiro atoms. The van der Waals surface area contributed by atoms with Gasteiger partial charge in [-0.3, -0.25) is 4.79 Å². The first-order valence-corrected chi connectivity index (χ1v) is 6.85. The van der Waals surface area contributed by atoms with Gasteiger partial charge in [-0.25, -0.2) is 8.42 Å². The van der Waals surface area contributed by atoms with Crippen molar-refractivity contribution in [3.63, 3.8) is 0 Å². The van der Waals surface area contributed by atoms with Crippen LogP contribution in [0.4, 0.5) is 0 Å². The Morgan fingerprint density at radius 1 is 1.54 bits per heavy atom. The average molecular weight is 226 g/mol. The number of methoxy groups -OCH3 is 1. The van der Waals surface area contributed by atoms with Crippen molar-refractivity contribution in [2.45, 2.75) is 12.2 Å². The first-order valence-electron chi connectivity index (χ1n) is 3.74. The maximum atomic E-state index is 10.9. The minimum atomic E-state index is -2.93. The molecule has 0 bridgehead atoms. The highest BCUT2D eigenvalue weighted by Gasteiger charge is 2.13. The SMILES string of the molecule is COC(=O)C(C)SCCS(C)(=O)=O. The molecule has 0 aliphatic heterocycles. The molecule has 78 valence electrons. The van der Waals surface area contributed by atoms with Crippen molar-refractivity contribution in [1.82, 2.24) is 0 Å². The Morgan fingerprint density at radius 2 is 2.08 bits per heavy atom. The van der Waals surface area contributed by atoms with Crippen molar-refractivity contribution in [2.24, 2.45) is 0 Å². The van der Waals surface area contributed by atoms with Crippen molar-refractivity contribution in [2.75, 3.05) is 24.9 Å². The Kier molecular flexibility index (Phi) is 5.39. The Balaban J connectivity index is 3.72. The topological polar surface area (TPSA) is 60.4 Å². The number of sulfone groups is 1. The smallest absolute Gasteiger partial charge is 0.318 e. The van der Waals surface area contributed by atoms with Gasteiger partial charge < -0.3 is 4.74 Å². The van der Waals surface area contributed by atoms with Gasteiger partial charge in [-0.2, -0.15) is 0 Å². The van der Waals surface area contributed by atoms with Gasteiger partial charge in [-0.1, -0.05) is 0 Å². The molecule has 4 nitrogen and oxygen atoms in total. The molecule has 0 saturated carbocycles. The van der Waals surface area contributed by atoms with Crippen molar-refractivity contribution >= 4 is 27.6 Å². The van der Waals surface area contributed by atoms with E-state index in [4.69, 9.17) is 0 Å². The van der Waals surface area contributed by atoms with E-state index in [0.717, 1.165) is 0 Å². The fraction of sp³-hybridized carbons (Fsp3) is 0.857. The molecule has 0 heterocycles. The second-order valence-electron chi connectivity index (χ2n) is 2.67. The van der Waals surface area contributed by atoms with E-state index >= 15 is 0 Å². The predicted molar refractivity (Wildman–Crippen MR) is 53.6 cm³/mol. The van der Waals surface area contributed by atoms with Crippen LogP contribution in [0.25, 0.3) is 0 Å². The highest BCUT2D eigenvalue weighted by molar-refractivity contribution is 8.01. The van der Waals surface area contributed by atoms with Crippen LogP contribution in [-0.2, 0) is 19.4 Å². The number of esters is 1. The molecule has 0 aliphatic rings. The van der Waals surface area contributed by atoms with E-state index < -0.39 is 9.84 Å². The highest BCUT2D eigenvalue weighted by atomic mass is 32.2.